The van der Waals surface area contributed by atoms with E-state index < -0.39 is 5.69 Å². The van der Waals surface area contributed by atoms with Crippen LogP contribution in [-0.4, -0.2) is 33.5 Å². The standard InChI is InChI=1S/C11H14N2O4/c1-5-3-13(11(16)12-10(5)15)7-2-6(4-14)8-9(7)17-8/h3,6-9,14H,2,4H2,1H3,(H,12,15,16)/t6-,7-,8+,9-/m1/s1. The average Bonchev–Trinajstić information content (AvgIpc) is 3.00. The molecule has 1 saturated carbocycles. The van der Waals surface area contributed by atoms with Gasteiger partial charge in [0.25, 0.3) is 5.56 Å². The number of aromatic nitrogens is 2. The van der Waals surface area contributed by atoms with E-state index in [9.17, 15) is 14.7 Å². The van der Waals surface area contributed by atoms with Gasteiger partial charge in [-0.05, 0) is 13.3 Å². The molecule has 0 spiro atoms. The summed E-state index contributed by atoms with van der Waals surface area (Å²) in [6, 6.07) is -0.0693. The van der Waals surface area contributed by atoms with E-state index in [1.165, 1.54) is 4.57 Å². The summed E-state index contributed by atoms with van der Waals surface area (Å²) in [6.45, 7) is 1.74. The summed E-state index contributed by atoms with van der Waals surface area (Å²) in [5, 5.41) is 9.17. The third kappa shape index (κ3) is 1.56. The van der Waals surface area contributed by atoms with Gasteiger partial charge in [0.2, 0.25) is 0 Å². The predicted molar refractivity (Wildman–Crippen MR) is 59.0 cm³/mol. The molecule has 2 heterocycles. The minimum Gasteiger partial charge on any atom is -0.396 e. The fourth-order valence-corrected chi connectivity index (χ4v) is 2.69. The number of rotatable bonds is 2. The summed E-state index contributed by atoms with van der Waals surface area (Å²) in [5.74, 6) is 0.101. The maximum absolute atomic E-state index is 11.7. The van der Waals surface area contributed by atoms with Crippen LogP contribution >= 0.6 is 0 Å². The number of aryl methyl sites for hydroxylation is 1. The number of ether oxygens (including phenoxy) is 1. The van der Waals surface area contributed by atoms with Crippen molar-refractivity contribution in [1.29, 1.82) is 0 Å². The number of hydrogen-bond acceptors (Lipinski definition) is 4. The quantitative estimate of drug-likeness (QED) is 0.658. The lowest BCUT2D eigenvalue weighted by atomic mass is 10.1. The molecule has 17 heavy (non-hydrogen) atoms. The zero-order valence-corrected chi connectivity index (χ0v) is 9.42. The Balaban J connectivity index is 1.98. The molecule has 6 nitrogen and oxygen atoms in total. The number of nitrogens with one attached hydrogen (secondary N) is 1. The highest BCUT2D eigenvalue weighted by atomic mass is 16.6. The van der Waals surface area contributed by atoms with Crippen LogP contribution in [0.5, 0.6) is 0 Å². The summed E-state index contributed by atoms with van der Waals surface area (Å²) in [5.41, 5.74) is -0.246. The fourth-order valence-electron chi connectivity index (χ4n) is 2.69. The molecule has 2 aliphatic rings. The third-order valence-corrected chi connectivity index (χ3v) is 3.69. The Kier molecular flexibility index (Phi) is 2.24. The molecule has 1 aliphatic heterocycles. The van der Waals surface area contributed by atoms with Gasteiger partial charge in [-0.25, -0.2) is 4.79 Å². The molecule has 0 bridgehead atoms. The molecule has 1 aromatic heterocycles. The summed E-state index contributed by atoms with van der Waals surface area (Å²) >= 11 is 0. The SMILES string of the molecule is Cc1cn([C@@H]2C[C@H](CO)[C@@H]3O[C@@H]32)c(=O)[nH]c1=O. The number of epoxide rings is 1. The van der Waals surface area contributed by atoms with E-state index in [0.29, 0.717) is 5.56 Å². The molecule has 0 unspecified atom stereocenters. The Hall–Kier alpha value is -1.40. The molecular formula is C11H14N2O4. The minimum atomic E-state index is -0.404. The molecular weight excluding hydrogens is 224 g/mol. The zero-order chi connectivity index (χ0) is 12.2. The van der Waals surface area contributed by atoms with E-state index >= 15 is 0 Å². The molecule has 6 heteroatoms. The van der Waals surface area contributed by atoms with Gasteiger partial charge in [-0.15, -0.1) is 0 Å². The third-order valence-electron chi connectivity index (χ3n) is 3.69. The van der Waals surface area contributed by atoms with Gasteiger partial charge in [-0.3, -0.25) is 14.3 Å². The van der Waals surface area contributed by atoms with E-state index in [0.717, 1.165) is 6.42 Å². The zero-order valence-electron chi connectivity index (χ0n) is 9.42. The molecule has 1 aromatic rings. The fraction of sp³-hybridized carbons (Fsp3) is 0.636. The van der Waals surface area contributed by atoms with Crippen molar-refractivity contribution >= 4 is 0 Å². The van der Waals surface area contributed by atoms with Crippen molar-refractivity contribution in [1.82, 2.24) is 9.55 Å². The first kappa shape index (κ1) is 10.7. The van der Waals surface area contributed by atoms with E-state index in [1.807, 2.05) is 0 Å². The monoisotopic (exact) mass is 238 g/mol. The van der Waals surface area contributed by atoms with Gasteiger partial charge in [0.05, 0.1) is 12.1 Å². The first-order valence-corrected chi connectivity index (χ1v) is 5.70. The molecule has 0 amide bonds. The summed E-state index contributed by atoms with van der Waals surface area (Å²) in [6.07, 6.45) is 2.38. The summed E-state index contributed by atoms with van der Waals surface area (Å²) in [7, 11) is 0. The first-order chi connectivity index (χ1) is 8.11. The Morgan fingerprint density at radius 1 is 1.53 bits per heavy atom. The second-order valence-electron chi connectivity index (χ2n) is 4.79. The van der Waals surface area contributed by atoms with Crippen LogP contribution in [0, 0.1) is 12.8 Å². The van der Waals surface area contributed by atoms with Crippen LogP contribution in [0.2, 0.25) is 0 Å². The van der Waals surface area contributed by atoms with E-state index in [-0.39, 0.29) is 36.3 Å². The smallest absolute Gasteiger partial charge is 0.328 e. The van der Waals surface area contributed by atoms with Gasteiger partial charge in [0.15, 0.2) is 0 Å². The van der Waals surface area contributed by atoms with Crippen LogP contribution in [-0.2, 0) is 4.74 Å². The van der Waals surface area contributed by atoms with Gasteiger partial charge in [-0.1, -0.05) is 0 Å². The molecule has 2 fully saturated rings. The van der Waals surface area contributed by atoms with Gasteiger partial charge >= 0.3 is 5.69 Å². The molecule has 2 N–H and O–H groups in total. The molecule has 4 atom stereocenters. The van der Waals surface area contributed by atoms with Crippen LogP contribution in [0.25, 0.3) is 0 Å². The lowest BCUT2D eigenvalue weighted by Crippen LogP contribution is -2.34. The van der Waals surface area contributed by atoms with Crippen molar-refractivity contribution in [2.45, 2.75) is 31.6 Å². The number of aromatic amines is 1. The molecule has 1 aliphatic carbocycles. The molecule has 3 rings (SSSR count). The largest absolute Gasteiger partial charge is 0.396 e. The Morgan fingerprint density at radius 3 is 2.94 bits per heavy atom. The van der Waals surface area contributed by atoms with Crippen molar-refractivity contribution in [3.8, 4) is 0 Å². The highest BCUT2D eigenvalue weighted by molar-refractivity contribution is 5.09. The van der Waals surface area contributed by atoms with Crippen molar-refractivity contribution in [3.05, 3.63) is 32.6 Å². The van der Waals surface area contributed by atoms with Gasteiger partial charge in [-0.2, -0.15) is 0 Å². The van der Waals surface area contributed by atoms with Crippen LogP contribution in [0.3, 0.4) is 0 Å². The maximum Gasteiger partial charge on any atom is 0.328 e. The van der Waals surface area contributed by atoms with E-state index in [2.05, 4.69) is 4.98 Å². The van der Waals surface area contributed by atoms with Crippen molar-refractivity contribution in [2.75, 3.05) is 6.61 Å². The van der Waals surface area contributed by atoms with Crippen molar-refractivity contribution in [2.24, 2.45) is 5.92 Å². The molecule has 0 radical (unpaired) electrons. The number of H-pyrrole nitrogens is 1. The van der Waals surface area contributed by atoms with Crippen LogP contribution in [0.1, 0.15) is 18.0 Å². The van der Waals surface area contributed by atoms with Crippen LogP contribution in [0.4, 0.5) is 0 Å². The lowest BCUT2D eigenvalue weighted by molar-refractivity contribution is 0.151. The summed E-state index contributed by atoms with van der Waals surface area (Å²) in [4.78, 5) is 25.3. The van der Waals surface area contributed by atoms with Gasteiger partial charge < -0.3 is 9.84 Å². The lowest BCUT2D eigenvalue weighted by Gasteiger charge is -2.16. The van der Waals surface area contributed by atoms with Crippen molar-refractivity contribution < 1.29 is 9.84 Å². The van der Waals surface area contributed by atoms with Gasteiger partial charge in [0.1, 0.15) is 6.10 Å². The first-order valence-electron chi connectivity index (χ1n) is 5.70. The van der Waals surface area contributed by atoms with Crippen molar-refractivity contribution in [3.63, 3.8) is 0 Å². The second kappa shape index (κ2) is 3.54. The highest BCUT2D eigenvalue weighted by Crippen LogP contribution is 2.48. The van der Waals surface area contributed by atoms with E-state index in [4.69, 9.17) is 4.74 Å². The number of fused-ring (bicyclic) bond motifs is 1. The second-order valence-corrected chi connectivity index (χ2v) is 4.79. The van der Waals surface area contributed by atoms with Crippen LogP contribution < -0.4 is 11.2 Å². The number of hydrogen-bond donors (Lipinski definition) is 2. The highest BCUT2D eigenvalue weighted by Gasteiger charge is 2.57. The molecule has 92 valence electrons. The summed E-state index contributed by atoms with van der Waals surface area (Å²) < 4.78 is 6.96. The average molecular weight is 238 g/mol. The number of aliphatic hydroxyl groups is 1. The predicted octanol–water partition coefficient (Wildman–Crippen LogP) is -0.834. The van der Waals surface area contributed by atoms with Gasteiger partial charge in [0, 0.05) is 24.3 Å². The number of aliphatic hydroxyl groups excluding tert-OH is 1. The minimum absolute atomic E-state index is 0.00940. The molecule has 1 saturated heterocycles. The molecule has 0 aromatic carbocycles. The Labute approximate surface area is 96.9 Å². The number of nitrogens with zero attached hydrogens (tertiary/aromatic N) is 1. The Bertz CT molecular complexity index is 561. The topological polar surface area (TPSA) is 87.6 Å². The van der Waals surface area contributed by atoms with Crippen LogP contribution in [0.15, 0.2) is 15.8 Å². The Morgan fingerprint density at radius 2 is 2.29 bits per heavy atom. The van der Waals surface area contributed by atoms with E-state index in [1.54, 1.807) is 13.1 Å². The normalized spacial score (nSPS) is 34.7. The maximum atomic E-state index is 11.7.